The SMILES string of the molecule is Cc1oncc1C(C)(F)CN. The van der Waals surface area contributed by atoms with Crippen LogP contribution in [-0.2, 0) is 5.67 Å². The van der Waals surface area contributed by atoms with Crippen LogP contribution in [0.25, 0.3) is 0 Å². The molecule has 1 heterocycles. The quantitative estimate of drug-likeness (QED) is 0.701. The molecule has 11 heavy (non-hydrogen) atoms. The fourth-order valence-corrected chi connectivity index (χ4v) is 0.910. The van der Waals surface area contributed by atoms with Gasteiger partial charge in [0, 0.05) is 6.54 Å². The van der Waals surface area contributed by atoms with Crippen molar-refractivity contribution in [3.05, 3.63) is 17.5 Å². The Morgan fingerprint density at radius 1 is 1.82 bits per heavy atom. The first-order valence-electron chi connectivity index (χ1n) is 3.38. The second kappa shape index (κ2) is 2.62. The molecule has 0 radical (unpaired) electrons. The third-order valence-electron chi connectivity index (χ3n) is 1.70. The van der Waals surface area contributed by atoms with Gasteiger partial charge in [-0.25, -0.2) is 4.39 Å². The predicted molar refractivity (Wildman–Crippen MR) is 38.8 cm³/mol. The highest BCUT2D eigenvalue weighted by Crippen LogP contribution is 2.26. The Kier molecular flexibility index (Phi) is 1.95. The van der Waals surface area contributed by atoms with E-state index in [9.17, 15) is 4.39 Å². The Bertz CT molecular complexity index is 244. The van der Waals surface area contributed by atoms with E-state index >= 15 is 0 Å². The van der Waals surface area contributed by atoms with Crippen LogP contribution in [0.15, 0.2) is 10.7 Å². The van der Waals surface area contributed by atoms with Crippen molar-refractivity contribution in [3.8, 4) is 0 Å². The van der Waals surface area contributed by atoms with Gasteiger partial charge < -0.3 is 10.3 Å². The molecule has 0 fully saturated rings. The molecule has 0 aliphatic rings. The molecule has 0 aliphatic heterocycles. The highest BCUT2D eigenvalue weighted by atomic mass is 19.1. The molecular formula is C7H11FN2O. The smallest absolute Gasteiger partial charge is 0.150 e. The summed E-state index contributed by atoms with van der Waals surface area (Å²) < 4.78 is 18.1. The van der Waals surface area contributed by atoms with Crippen molar-refractivity contribution in [3.63, 3.8) is 0 Å². The largest absolute Gasteiger partial charge is 0.361 e. The first kappa shape index (κ1) is 8.20. The van der Waals surface area contributed by atoms with E-state index in [1.807, 2.05) is 0 Å². The highest BCUT2D eigenvalue weighted by Gasteiger charge is 2.28. The van der Waals surface area contributed by atoms with Crippen molar-refractivity contribution >= 4 is 0 Å². The van der Waals surface area contributed by atoms with Gasteiger partial charge in [0.05, 0.1) is 11.8 Å². The summed E-state index contributed by atoms with van der Waals surface area (Å²) in [5.41, 5.74) is 4.13. The lowest BCUT2D eigenvalue weighted by Gasteiger charge is -2.15. The number of alkyl halides is 1. The molecule has 3 nitrogen and oxygen atoms in total. The normalized spacial score (nSPS) is 16.4. The van der Waals surface area contributed by atoms with Gasteiger partial charge in [0.15, 0.2) is 0 Å². The minimum absolute atomic E-state index is 0.0605. The maximum absolute atomic E-state index is 13.4. The molecule has 1 atom stereocenters. The van der Waals surface area contributed by atoms with Crippen molar-refractivity contribution in [2.45, 2.75) is 19.5 Å². The summed E-state index contributed by atoms with van der Waals surface area (Å²) in [4.78, 5) is 0. The maximum atomic E-state index is 13.4. The molecule has 62 valence electrons. The Morgan fingerprint density at radius 3 is 2.82 bits per heavy atom. The van der Waals surface area contributed by atoms with Crippen LogP contribution < -0.4 is 5.73 Å². The second-order valence-corrected chi connectivity index (χ2v) is 2.70. The van der Waals surface area contributed by atoms with Crippen molar-refractivity contribution < 1.29 is 8.91 Å². The van der Waals surface area contributed by atoms with Gasteiger partial charge in [-0.3, -0.25) is 0 Å². The number of aryl methyl sites for hydroxylation is 1. The van der Waals surface area contributed by atoms with E-state index in [2.05, 4.69) is 5.16 Å². The minimum Gasteiger partial charge on any atom is -0.361 e. The summed E-state index contributed by atoms with van der Waals surface area (Å²) in [6.07, 6.45) is 1.36. The summed E-state index contributed by atoms with van der Waals surface area (Å²) in [6, 6.07) is 0. The third kappa shape index (κ3) is 1.40. The Morgan fingerprint density at radius 2 is 2.45 bits per heavy atom. The topological polar surface area (TPSA) is 52.0 Å². The van der Waals surface area contributed by atoms with Crippen LogP contribution in [0, 0.1) is 6.92 Å². The first-order valence-corrected chi connectivity index (χ1v) is 3.38. The van der Waals surface area contributed by atoms with Crippen LogP contribution in [0.5, 0.6) is 0 Å². The van der Waals surface area contributed by atoms with Crippen LogP contribution in [0.3, 0.4) is 0 Å². The summed E-state index contributed by atoms with van der Waals surface area (Å²) >= 11 is 0. The molecule has 0 saturated heterocycles. The molecule has 1 unspecified atom stereocenters. The van der Waals surface area contributed by atoms with Gasteiger partial charge >= 0.3 is 0 Å². The van der Waals surface area contributed by atoms with Gasteiger partial charge in [-0.1, -0.05) is 5.16 Å². The fourth-order valence-electron chi connectivity index (χ4n) is 0.910. The van der Waals surface area contributed by atoms with Crippen molar-refractivity contribution in [2.24, 2.45) is 5.73 Å². The zero-order chi connectivity index (χ0) is 8.48. The lowest BCUT2D eigenvalue weighted by molar-refractivity contribution is 0.200. The lowest BCUT2D eigenvalue weighted by Crippen LogP contribution is -2.26. The second-order valence-electron chi connectivity index (χ2n) is 2.70. The molecule has 1 rings (SSSR count). The number of aromatic nitrogens is 1. The van der Waals surface area contributed by atoms with Gasteiger partial charge in [0.2, 0.25) is 0 Å². The Balaban J connectivity index is 3.00. The predicted octanol–water partition coefficient (Wildman–Crippen LogP) is 1.13. The highest BCUT2D eigenvalue weighted by molar-refractivity contribution is 5.20. The molecule has 0 bridgehead atoms. The zero-order valence-corrected chi connectivity index (χ0v) is 6.60. The van der Waals surface area contributed by atoms with Gasteiger partial charge in [-0.2, -0.15) is 0 Å². The van der Waals surface area contributed by atoms with Gasteiger partial charge in [0.25, 0.3) is 0 Å². The molecule has 1 aromatic heterocycles. The van der Waals surface area contributed by atoms with E-state index in [4.69, 9.17) is 10.3 Å². The minimum atomic E-state index is -1.52. The molecule has 0 aromatic carbocycles. The van der Waals surface area contributed by atoms with Crippen molar-refractivity contribution in [1.82, 2.24) is 5.16 Å². The van der Waals surface area contributed by atoms with Crippen LogP contribution in [-0.4, -0.2) is 11.7 Å². The van der Waals surface area contributed by atoms with E-state index in [1.54, 1.807) is 6.92 Å². The van der Waals surface area contributed by atoms with Gasteiger partial charge in [-0.05, 0) is 13.8 Å². The third-order valence-corrected chi connectivity index (χ3v) is 1.70. The molecule has 0 saturated carbocycles. The number of nitrogens with zero attached hydrogens (tertiary/aromatic N) is 1. The average Bonchev–Trinajstić information content (AvgIpc) is 2.36. The molecule has 1 aromatic rings. The van der Waals surface area contributed by atoms with E-state index in [1.165, 1.54) is 13.1 Å². The first-order chi connectivity index (χ1) is 5.08. The van der Waals surface area contributed by atoms with E-state index in [0.29, 0.717) is 11.3 Å². The van der Waals surface area contributed by atoms with E-state index in [0.717, 1.165) is 0 Å². The van der Waals surface area contributed by atoms with Gasteiger partial charge in [-0.15, -0.1) is 0 Å². The Hall–Kier alpha value is -0.900. The number of hydrogen-bond donors (Lipinski definition) is 1. The summed E-state index contributed by atoms with van der Waals surface area (Å²) in [5.74, 6) is 0.487. The monoisotopic (exact) mass is 158 g/mol. The summed E-state index contributed by atoms with van der Waals surface area (Å²) in [6.45, 7) is 3.01. The lowest BCUT2D eigenvalue weighted by atomic mass is 10.00. The molecule has 4 heteroatoms. The van der Waals surface area contributed by atoms with Crippen LogP contribution in [0.4, 0.5) is 4.39 Å². The van der Waals surface area contributed by atoms with Crippen LogP contribution >= 0.6 is 0 Å². The van der Waals surface area contributed by atoms with Crippen LogP contribution in [0.1, 0.15) is 18.2 Å². The number of hydrogen-bond acceptors (Lipinski definition) is 3. The molecule has 0 spiro atoms. The Labute approximate surface area is 64.4 Å². The summed E-state index contributed by atoms with van der Waals surface area (Å²) in [7, 11) is 0. The molecule has 0 amide bonds. The standard InChI is InChI=1S/C7H11FN2O/c1-5-6(3-10-11-5)7(2,8)4-9/h3H,4,9H2,1-2H3. The van der Waals surface area contributed by atoms with Crippen molar-refractivity contribution in [2.75, 3.05) is 6.54 Å². The van der Waals surface area contributed by atoms with E-state index in [-0.39, 0.29) is 6.54 Å². The average molecular weight is 158 g/mol. The molecular weight excluding hydrogens is 147 g/mol. The molecule has 0 aliphatic carbocycles. The molecule has 2 N–H and O–H groups in total. The van der Waals surface area contributed by atoms with E-state index < -0.39 is 5.67 Å². The van der Waals surface area contributed by atoms with Gasteiger partial charge in [0.1, 0.15) is 11.4 Å². The fraction of sp³-hybridized carbons (Fsp3) is 0.571. The number of halogens is 1. The van der Waals surface area contributed by atoms with Crippen LogP contribution in [0.2, 0.25) is 0 Å². The number of nitrogens with two attached hydrogens (primary N) is 1. The summed E-state index contributed by atoms with van der Waals surface area (Å²) in [5, 5.41) is 3.47. The maximum Gasteiger partial charge on any atom is 0.150 e. The zero-order valence-electron chi connectivity index (χ0n) is 6.60. The number of rotatable bonds is 2. The van der Waals surface area contributed by atoms with Crippen molar-refractivity contribution in [1.29, 1.82) is 0 Å².